The Balaban J connectivity index is 1.59. The first-order valence-corrected chi connectivity index (χ1v) is 8.43. The number of furan rings is 1. The average Bonchev–Trinajstić information content (AvgIpc) is 3.26. The maximum absolute atomic E-state index is 12.7. The van der Waals surface area contributed by atoms with E-state index in [4.69, 9.17) is 9.15 Å². The van der Waals surface area contributed by atoms with Gasteiger partial charge in [0, 0.05) is 5.39 Å². The molecule has 1 unspecified atom stereocenters. The zero-order chi connectivity index (χ0) is 18.8. The van der Waals surface area contributed by atoms with E-state index in [2.05, 4.69) is 5.32 Å². The number of carbonyl (C=O) groups is 3. The van der Waals surface area contributed by atoms with Crippen LogP contribution >= 0.6 is 0 Å². The molecule has 1 aliphatic rings. The van der Waals surface area contributed by atoms with Crippen molar-refractivity contribution < 1.29 is 23.5 Å². The van der Waals surface area contributed by atoms with Crippen LogP contribution in [0.2, 0.25) is 0 Å². The van der Waals surface area contributed by atoms with Crippen LogP contribution in [0.3, 0.4) is 0 Å². The average molecular weight is 364 g/mol. The first kappa shape index (κ1) is 16.8. The lowest BCUT2D eigenvalue weighted by Crippen LogP contribution is -2.40. The molecule has 1 saturated heterocycles. The molecule has 27 heavy (non-hydrogen) atoms. The maximum Gasteiger partial charge on any atom is 0.417 e. The van der Waals surface area contributed by atoms with Gasteiger partial charge < -0.3 is 14.5 Å². The minimum Gasteiger partial charge on any atom is -0.451 e. The quantitative estimate of drug-likeness (QED) is 0.752. The number of amides is 3. The van der Waals surface area contributed by atoms with Gasteiger partial charge in [-0.2, -0.15) is 0 Å². The van der Waals surface area contributed by atoms with E-state index in [1.54, 1.807) is 12.1 Å². The Morgan fingerprint density at radius 1 is 1.07 bits per heavy atom. The molecule has 1 fully saturated rings. The largest absolute Gasteiger partial charge is 0.451 e. The van der Waals surface area contributed by atoms with Gasteiger partial charge in [0.2, 0.25) is 0 Å². The Kier molecular flexibility index (Phi) is 4.33. The molecule has 3 amide bonds. The van der Waals surface area contributed by atoms with Crippen molar-refractivity contribution in [2.45, 2.75) is 6.04 Å². The number of imide groups is 1. The molecular weight excluding hydrogens is 348 g/mol. The number of hydrogen-bond donors (Lipinski definition) is 1. The molecule has 1 N–H and O–H groups in total. The lowest BCUT2D eigenvalue weighted by atomic mass is 10.1. The topological polar surface area (TPSA) is 88.9 Å². The Hall–Kier alpha value is -3.61. The highest BCUT2D eigenvalue weighted by atomic mass is 16.6. The lowest BCUT2D eigenvalue weighted by Gasteiger charge is -2.22. The molecule has 4 rings (SSSR count). The number of nitrogens with zero attached hydrogens (tertiary/aromatic N) is 1. The van der Waals surface area contributed by atoms with Crippen LogP contribution < -0.4 is 5.32 Å². The second kappa shape index (κ2) is 6.95. The summed E-state index contributed by atoms with van der Waals surface area (Å²) in [5.74, 6) is -0.702. The van der Waals surface area contributed by atoms with E-state index in [1.807, 2.05) is 48.5 Å². The summed E-state index contributed by atoms with van der Waals surface area (Å²) < 4.78 is 10.3. The zero-order valence-electron chi connectivity index (χ0n) is 14.3. The fraction of sp³-hybridized carbons (Fsp3) is 0.150. The molecule has 1 aliphatic heterocycles. The van der Waals surface area contributed by atoms with E-state index < -0.39 is 23.9 Å². The Morgan fingerprint density at radius 3 is 2.52 bits per heavy atom. The fourth-order valence-corrected chi connectivity index (χ4v) is 2.98. The minimum absolute atomic E-state index is 0.0202. The van der Waals surface area contributed by atoms with Crippen molar-refractivity contribution in [2.75, 3.05) is 13.2 Å². The van der Waals surface area contributed by atoms with E-state index in [-0.39, 0.29) is 18.9 Å². The highest BCUT2D eigenvalue weighted by Crippen LogP contribution is 2.21. The van der Waals surface area contributed by atoms with E-state index in [0.29, 0.717) is 5.58 Å². The zero-order valence-corrected chi connectivity index (χ0v) is 14.3. The molecule has 136 valence electrons. The molecule has 0 aliphatic carbocycles. The molecule has 1 atom stereocenters. The summed E-state index contributed by atoms with van der Waals surface area (Å²) >= 11 is 0. The van der Waals surface area contributed by atoms with Gasteiger partial charge in [-0.15, -0.1) is 0 Å². The van der Waals surface area contributed by atoms with Gasteiger partial charge in [-0.25, -0.2) is 9.69 Å². The van der Waals surface area contributed by atoms with Crippen molar-refractivity contribution in [2.24, 2.45) is 0 Å². The van der Waals surface area contributed by atoms with Gasteiger partial charge in [0.1, 0.15) is 5.58 Å². The molecule has 7 nitrogen and oxygen atoms in total. The molecule has 0 radical (unpaired) electrons. The summed E-state index contributed by atoms with van der Waals surface area (Å²) in [7, 11) is 0. The number of rotatable bonds is 5. The number of carbonyl (C=O) groups excluding carboxylic acids is 3. The Morgan fingerprint density at radius 2 is 1.81 bits per heavy atom. The third kappa shape index (κ3) is 3.39. The predicted octanol–water partition coefficient (Wildman–Crippen LogP) is 2.88. The van der Waals surface area contributed by atoms with Crippen molar-refractivity contribution in [3.63, 3.8) is 0 Å². The number of benzene rings is 2. The number of ether oxygens (including phenoxy) is 1. The van der Waals surface area contributed by atoms with Gasteiger partial charge in [0.25, 0.3) is 11.8 Å². The third-order valence-corrected chi connectivity index (χ3v) is 4.36. The molecule has 2 aromatic carbocycles. The first-order valence-electron chi connectivity index (χ1n) is 8.43. The van der Waals surface area contributed by atoms with Crippen LogP contribution in [-0.4, -0.2) is 36.0 Å². The summed E-state index contributed by atoms with van der Waals surface area (Å²) in [6.45, 7) is -0.300. The van der Waals surface area contributed by atoms with E-state index in [9.17, 15) is 14.4 Å². The van der Waals surface area contributed by atoms with Crippen LogP contribution in [0.5, 0.6) is 0 Å². The number of fused-ring (bicyclic) bond motifs is 1. The van der Waals surface area contributed by atoms with Gasteiger partial charge in [0.15, 0.2) is 12.4 Å². The van der Waals surface area contributed by atoms with Gasteiger partial charge in [-0.05, 0) is 17.7 Å². The first-order chi connectivity index (χ1) is 13.1. The molecule has 0 bridgehead atoms. The van der Waals surface area contributed by atoms with Crippen LogP contribution in [0, 0.1) is 0 Å². The standard InChI is InChI=1S/C20H16N2O5/c23-18-12-26-20(25)22(18)11-15(13-6-2-1-3-7-13)21-19(24)17-10-14-8-4-5-9-16(14)27-17/h1-10,15H,11-12H2,(H,21,24). The summed E-state index contributed by atoms with van der Waals surface area (Å²) in [6, 6.07) is 17.5. The highest BCUT2D eigenvalue weighted by Gasteiger charge is 2.34. The second-order valence-electron chi connectivity index (χ2n) is 6.14. The molecule has 2 heterocycles. The van der Waals surface area contributed by atoms with Gasteiger partial charge in [-0.3, -0.25) is 9.59 Å². The summed E-state index contributed by atoms with van der Waals surface area (Å²) in [5.41, 5.74) is 1.37. The summed E-state index contributed by atoms with van der Waals surface area (Å²) in [4.78, 5) is 37.4. The van der Waals surface area contributed by atoms with Crippen LogP contribution in [0.4, 0.5) is 4.79 Å². The molecule has 0 saturated carbocycles. The molecule has 0 spiro atoms. The highest BCUT2D eigenvalue weighted by molar-refractivity contribution is 5.98. The summed E-state index contributed by atoms with van der Waals surface area (Å²) in [6.07, 6.45) is -0.709. The second-order valence-corrected chi connectivity index (χ2v) is 6.14. The number of hydrogen-bond acceptors (Lipinski definition) is 5. The summed E-state index contributed by atoms with van der Waals surface area (Å²) in [5, 5.41) is 3.66. The monoisotopic (exact) mass is 364 g/mol. The van der Waals surface area contributed by atoms with Crippen molar-refractivity contribution in [1.29, 1.82) is 0 Å². The van der Waals surface area contributed by atoms with Crippen LogP contribution in [0.1, 0.15) is 22.2 Å². The van der Waals surface area contributed by atoms with Gasteiger partial charge in [-0.1, -0.05) is 48.5 Å². The number of para-hydroxylation sites is 1. The molecular formula is C20H16N2O5. The molecule has 7 heteroatoms. The van der Waals surface area contributed by atoms with Crippen LogP contribution in [0.15, 0.2) is 65.1 Å². The van der Waals surface area contributed by atoms with Crippen molar-refractivity contribution in [3.8, 4) is 0 Å². The Labute approximate surface area is 154 Å². The van der Waals surface area contributed by atoms with E-state index in [1.165, 1.54) is 0 Å². The van der Waals surface area contributed by atoms with Crippen molar-refractivity contribution in [1.82, 2.24) is 10.2 Å². The van der Waals surface area contributed by atoms with Gasteiger partial charge in [0.05, 0.1) is 12.6 Å². The van der Waals surface area contributed by atoms with Crippen LogP contribution in [0.25, 0.3) is 11.0 Å². The molecule has 3 aromatic rings. The SMILES string of the molecule is O=C(NC(CN1C(=O)COC1=O)c1ccccc1)c1cc2ccccc2o1. The maximum atomic E-state index is 12.7. The Bertz CT molecular complexity index is 962. The lowest BCUT2D eigenvalue weighted by molar-refractivity contribution is -0.126. The normalized spacial score (nSPS) is 15.0. The number of cyclic esters (lactones) is 1. The van der Waals surface area contributed by atoms with Crippen LogP contribution in [-0.2, 0) is 9.53 Å². The predicted molar refractivity (Wildman–Crippen MR) is 95.9 cm³/mol. The minimum atomic E-state index is -0.709. The van der Waals surface area contributed by atoms with E-state index >= 15 is 0 Å². The van der Waals surface area contributed by atoms with Crippen molar-refractivity contribution >= 4 is 28.9 Å². The van der Waals surface area contributed by atoms with E-state index in [0.717, 1.165) is 15.8 Å². The fourth-order valence-electron chi connectivity index (χ4n) is 2.98. The third-order valence-electron chi connectivity index (χ3n) is 4.36. The van der Waals surface area contributed by atoms with Crippen molar-refractivity contribution in [3.05, 3.63) is 72.0 Å². The van der Waals surface area contributed by atoms with Gasteiger partial charge >= 0.3 is 6.09 Å². The molecule has 1 aromatic heterocycles. The number of nitrogens with one attached hydrogen (secondary N) is 1. The smallest absolute Gasteiger partial charge is 0.417 e.